The van der Waals surface area contributed by atoms with E-state index in [-0.39, 0.29) is 5.91 Å². The quantitative estimate of drug-likeness (QED) is 0.803. The molecule has 0 radical (unpaired) electrons. The first-order valence-electron chi connectivity index (χ1n) is 8.67. The number of rotatable bonds is 5. The number of nitrogens with zero attached hydrogens (tertiary/aromatic N) is 2. The Hall–Kier alpha value is -2.40. The lowest BCUT2D eigenvalue weighted by atomic mass is 10.2. The van der Waals surface area contributed by atoms with Gasteiger partial charge < -0.3 is 19.3 Å². The Labute approximate surface area is 159 Å². The minimum Gasteiger partial charge on any atom is -0.497 e. The molecule has 1 atom stereocenters. The van der Waals surface area contributed by atoms with Crippen molar-refractivity contribution in [3.8, 4) is 11.5 Å². The summed E-state index contributed by atoms with van der Waals surface area (Å²) in [5.74, 6) is 1.44. The molecule has 0 aliphatic carbocycles. The van der Waals surface area contributed by atoms with E-state index in [4.69, 9.17) is 21.1 Å². The highest BCUT2D eigenvalue weighted by atomic mass is 35.5. The highest BCUT2D eigenvalue weighted by Gasteiger charge is 2.26. The summed E-state index contributed by atoms with van der Waals surface area (Å²) in [5.41, 5.74) is 1.11. The smallest absolute Gasteiger partial charge is 0.263 e. The topological polar surface area (TPSA) is 42.0 Å². The van der Waals surface area contributed by atoms with Gasteiger partial charge in [0, 0.05) is 43.0 Å². The van der Waals surface area contributed by atoms with Gasteiger partial charge in [0.1, 0.15) is 11.5 Å². The zero-order valence-electron chi connectivity index (χ0n) is 15.0. The van der Waals surface area contributed by atoms with Crippen LogP contribution in [-0.4, -0.2) is 50.2 Å². The van der Waals surface area contributed by atoms with Crippen LogP contribution in [-0.2, 0) is 4.79 Å². The maximum atomic E-state index is 12.7. The van der Waals surface area contributed by atoms with Crippen molar-refractivity contribution in [2.45, 2.75) is 13.0 Å². The molecule has 1 fully saturated rings. The maximum Gasteiger partial charge on any atom is 0.263 e. The van der Waals surface area contributed by atoms with E-state index >= 15 is 0 Å². The van der Waals surface area contributed by atoms with Gasteiger partial charge >= 0.3 is 0 Å². The minimum atomic E-state index is -0.545. The maximum absolute atomic E-state index is 12.7. The fraction of sp³-hybridized carbons (Fsp3) is 0.350. The van der Waals surface area contributed by atoms with Crippen LogP contribution in [0, 0.1) is 0 Å². The van der Waals surface area contributed by atoms with Gasteiger partial charge in [0.05, 0.1) is 7.11 Å². The molecule has 138 valence electrons. The molecule has 0 N–H and O–H groups in total. The number of anilines is 1. The molecule has 1 heterocycles. The molecule has 2 aromatic rings. The van der Waals surface area contributed by atoms with E-state index in [2.05, 4.69) is 11.0 Å². The Kier molecular flexibility index (Phi) is 5.89. The highest BCUT2D eigenvalue weighted by Crippen LogP contribution is 2.23. The van der Waals surface area contributed by atoms with Crippen molar-refractivity contribution in [1.82, 2.24) is 4.90 Å². The lowest BCUT2D eigenvalue weighted by molar-refractivity contribution is -0.138. The SMILES string of the molecule is COc1cccc(N2CCN(C(=O)C(C)Oc3cccc(Cl)c3)CC2)c1. The lowest BCUT2D eigenvalue weighted by Crippen LogP contribution is -2.52. The van der Waals surface area contributed by atoms with Crippen molar-refractivity contribution in [2.75, 3.05) is 38.2 Å². The van der Waals surface area contributed by atoms with Crippen LogP contribution in [0.25, 0.3) is 0 Å². The number of amides is 1. The number of hydrogen-bond donors (Lipinski definition) is 0. The average molecular weight is 375 g/mol. The second kappa shape index (κ2) is 8.32. The molecule has 1 amide bonds. The first-order valence-corrected chi connectivity index (χ1v) is 9.04. The van der Waals surface area contributed by atoms with E-state index < -0.39 is 6.10 Å². The van der Waals surface area contributed by atoms with Gasteiger partial charge in [-0.05, 0) is 37.3 Å². The molecular formula is C20H23ClN2O3. The number of methoxy groups -OCH3 is 1. The predicted molar refractivity (Wildman–Crippen MR) is 103 cm³/mol. The van der Waals surface area contributed by atoms with E-state index in [9.17, 15) is 4.79 Å². The second-order valence-corrected chi connectivity index (χ2v) is 6.67. The number of halogens is 1. The second-order valence-electron chi connectivity index (χ2n) is 6.23. The van der Waals surface area contributed by atoms with E-state index in [0.29, 0.717) is 23.9 Å². The minimum absolute atomic E-state index is 0.00438. The first-order chi connectivity index (χ1) is 12.6. The zero-order chi connectivity index (χ0) is 18.5. The van der Waals surface area contributed by atoms with E-state index in [0.717, 1.165) is 24.5 Å². The standard InChI is InChI=1S/C20H23ClN2O3/c1-15(26-19-8-3-5-16(21)13-19)20(24)23-11-9-22(10-12-23)17-6-4-7-18(14-17)25-2/h3-8,13-15H,9-12H2,1-2H3. The largest absolute Gasteiger partial charge is 0.497 e. The van der Waals surface area contributed by atoms with Crippen molar-refractivity contribution < 1.29 is 14.3 Å². The normalized spacial score (nSPS) is 15.5. The summed E-state index contributed by atoms with van der Waals surface area (Å²) in [6.07, 6.45) is -0.545. The molecule has 1 aliphatic rings. The van der Waals surface area contributed by atoms with Gasteiger partial charge in [-0.15, -0.1) is 0 Å². The Morgan fingerprint density at radius 2 is 1.73 bits per heavy atom. The fourth-order valence-corrected chi connectivity index (χ4v) is 3.22. The Morgan fingerprint density at radius 3 is 2.42 bits per heavy atom. The average Bonchev–Trinajstić information content (AvgIpc) is 2.67. The van der Waals surface area contributed by atoms with Gasteiger partial charge in [-0.1, -0.05) is 23.7 Å². The van der Waals surface area contributed by atoms with E-state index in [1.165, 1.54) is 0 Å². The van der Waals surface area contributed by atoms with E-state index in [1.54, 1.807) is 32.2 Å². The summed E-state index contributed by atoms with van der Waals surface area (Å²) in [6.45, 7) is 4.67. The van der Waals surface area contributed by atoms with Crippen molar-refractivity contribution in [1.29, 1.82) is 0 Å². The number of carbonyl (C=O) groups is 1. The predicted octanol–water partition coefficient (Wildman–Crippen LogP) is 3.46. The summed E-state index contributed by atoms with van der Waals surface area (Å²) >= 11 is 5.96. The molecule has 1 aliphatic heterocycles. The Bertz CT molecular complexity index is 760. The summed E-state index contributed by atoms with van der Waals surface area (Å²) in [7, 11) is 1.66. The van der Waals surface area contributed by atoms with Crippen molar-refractivity contribution in [3.05, 3.63) is 53.6 Å². The molecule has 0 aromatic heterocycles. The van der Waals surface area contributed by atoms with Gasteiger partial charge in [0.25, 0.3) is 5.91 Å². The summed E-state index contributed by atoms with van der Waals surface area (Å²) < 4.78 is 11.0. The molecule has 1 saturated heterocycles. The third-order valence-electron chi connectivity index (χ3n) is 4.47. The zero-order valence-corrected chi connectivity index (χ0v) is 15.8. The Morgan fingerprint density at radius 1 is 1.04 bits per heavy atom. The third kappa shape index (κ3) is 4.41. The fourth-order valence-electron chi connectivity index (χ4n) is 3.04. The van der Waals surface area contributed by atoms with Gasteiger partial charge in [-0.2, -0.15) is 0 Å². The highest BCUT2D eigenvalue weighted by molar-refractivity contribution is 6.30. The molecule has 1 unspecified atom stereocenters. The van der Waals surface area contributed by atoms with Gasteiger partial charge in [-0.25, -0.2) is 0 Å². The number of hydrogen-bond acceptors (Lipinski definition) is 4. The van der Waals surface area contributed by atoms with Crippen molar-refractivity contribution in [2.24, 2.45) is 0 Å². The van der Waals surface area contributed by atoms with Gasteiger partial charge in [0.2, 0.25) is 0 Å². The molecule has 26 heavy (non-hydrogen) atoms. The summed E-state index contributed by atoms with van der Waals surface area (Å²) in [5, 5.41) is 0.592. The van der Waals surface area contributed by atoms with Gasteiger partial charge in [-0.3, -0.25) is 4.79 Å². The molecule has 6 heteroatoms. The molecule has 3 rings (SSSR count). The number of piperazine rings is 1. The third-order valence-corrected chi connectivity index (χ3v) is 4.70. The molecule has 0 spiro atoms. The number of carbonyl (C=O) groups excluding carboxylic acids is 1. The molecule has 5 nitrogen and oxygen atoms in total. The van der Waals surface area contributed by atoms with Crippen LogP contribution in [0.5, 0.6) is 11.5 Å². The summed E-state index contributed by atoms with van der Waals surface area (Å²) in [6, 6.07) is 15.1. The molecule has 2 aromatic carbocycles. The lowest BCUT2D eigenvalue weighted by Gasteiger charge is -2.37. The van der Waals surface area contributed by atoms with Crippen LogP contribution in [0.4, 0.5) is 5.69 Å². The number of ether oxygens (including phenoxy) is 2. The van der Waals surface area contributed by atoms with Crippen molar-refractivity contribution >= 4 is 23.2 Å². The van der Waals surface area contributed by atoms with Crippen LogP contribution in [0.2, 0.25) is 5.02 Å². The van der Waals surface area contributed by atoms with E-state index in [1.807, 2.05) is 29.2 Å². The van der Waals surface area contributed by atoms with Crippen LogP contribution in [0.15, 0.2) is 48.5 Å². The monoisotopic (exact) mass is 374 g/mol. The summed E-state index contributed by atoms with van der Waals surface area (Å²) in [4.78, 5) is 16.8. The van der Waals surface area contributed by atoms with Crippen LogP contribution >= 0.6 is 11.6 Å². The van der Waals surface area contributed by atoms with Crippen molar-refractivity contribution in [3.63, 3.8) is 0 Å². The van der Waals surface area contributed by atoms with Crippen LogP contribution in [0.1, 0.15) is 6.92 Å². The molecule has 0 bridgehead atoms. The first kappa shape index (κ1) is 18.4. The Balaban J connectivity index is 1.56. The molecule has 0 saturated carbocycles. The number of benzene rings is 2. The molecular weight excluding hydrogens is 352 g/mol. The van der Waals surface area contributed by atoms with Gasteiger partial charge in [0.15, 0.2) is 6.10 Å². The van der Waals surface area contributed by atoms with Crippen LogP contribution < -0.4 is 14.4 Å². The van der Waals surface area contributed by atoms with Crippen LogP contribution in [0.3, 0.4) is 0 Å².